The fourth-order valence-corrected chi connectivity index (χ4v) is 7.93. The smallest absolute Gasteiger partial charge is 0.391 e. The fraction of sp³-hybridized carbons (Fsp3) is 0.650. The average molecular weight is 980 g/mol. The van der Waals surface area contributed by atoms with E-state index in [0.717, 1.165) is 96.3 Å². The van der Waals surface area contributed by atoms with Gasteiger partial charge in [-0.2, -0.15) is 0 Å². The number of phosphoric ester groups is 1. The zero-order valence-electron chi connectivity index (χ0n) is 44.8. The first-order valence-electron chi connectivity index (χ1n) is 27.4. The van der Waals surface area contributed by atoms with Gasteiger partial charge in [-0.15, -0.1) is 0 Å². The van der Waals surface area contributed by atoms with E-state index in [1.807, 2.05) is 21.1 Å². The van der Waals surface area contributed by atoms with Crippen LogP contribution >= 0.6 is 7.82 Å². The fourth-order valence-electron chi connectivity index (χ4n) is 7.19. The van der Waals surface area contributed by atoms with Crippen molar-refractivity contribution in [3.63, 3.8) is 0 Å². The van der Waals surface area contributed by atoms with Crippen LogP contribution in [0.5, 0.6) is 0 Å². The summed E-state index contributed by atoms with van der Waals surface area (Å²) < 4.78 is 23.7. The van der Waals surface area contributed by atoms with E-state index in [2.05, 4.69) is 141 Å². The van der Waals surface area contributed by atoms with Crippen molar-refractivity contribution in [1.29, 1.82) is 0 Å². The predicted molar refractivity (Wildman–Crippen MR) is 299 cm³/mol. The van der Waals surface area contributed by atoms with Gasteiger partial charge in [0.25, 0.3) is 0 Å². The Labute approximate surface area is 424 Å². The molecule has 0 saturated carbocycles. The summed E-state index contributed by atoms with van der Waals surface area (Å²) in [5, 5.41) is 14.0. The molecule has 0 fully saturated rings. The Kier molecular flexibility index (Phi) is 47.6. The Hall–Kier alpha value is -3.10. The monoisotopic (exact) mass is 980 g/mol. The van der Waals surface area contributed by atoms with Crippen LogP contribution in [-0.4, -0.2) is 73.4 Å². The number of rotatable bonds is 48. The lowest BCUT2D eigenvalue weighted by atomic mass is 10.0. The maximum absolute atomic E-state index is 12.9. The third kappa shape index (κ3) is 52.6. The molecule has 0 aromatic rings. The van der Waals surface area contributed by atoms with E-state index in [0.29, 0.717) is 30.3 Å². The van der Waals surface area contributed by atoms with E-state index in [4.69, 9.17) is 9.05 Å². The molecule has 0 aromatic heterocycles. The number of allylic oxidation sites excluding steroid dienone is 20. The highest BCUT2D eigenvalue weighted by molar-refractivity contribution is 7.47. The number of phosphoric acid groups is 1. The molecule has 0 aromatic carbocycles. The number of quaternary nitrogens is 1. The van der Waals surface area contributed by atoms with Crippen LogP contribution in [-0.2, 0) is 18.4 Å². The van der Waals surface area contributed by atoms with Crippen molar-refractivity contribution in [3.8, 4) is 0 Å². The number of amides is 1. The summed E-state index contributed by atoms with van der Waals surface area (Å²) in [5.41, 5.74) is 0. The van der Waals surface area contributed by atoms with E-state index in [9.17, 15) is 19.4 Å². The molecule has 0 rings (SSSR count). The maximum Gasteiger partial charge on any atom is 0.472 e. The van der Waals surface area contributed by atoms with Gasteiger partial charge in [0.05, 0.1) is 39.9 Å². The minimum Gasteiger partial charge on any atom is -0.391 e. The molecule has 394 valence electrons. The number of carbonyl (C=O) groups is 1. The van der Waals surface area contributed by atoms with E-state index in [1.165, 1.54) is 70.6 Å². The summed E-state index contributed by atoms with van der Waals surface area (Å²) in [7, 11) is 1.57. The largest absolute Gasteiger partial charge is 0.472 e. The number of aliphatic hydroxyl groups is 1. The highest BCUT2D eigenvalue weighted by atomic mass is 31.2. The van der Waals surface area contributed by atoms with Crippen LogP contribution < -0.4 is 5.32 Å². The first-order valence-corrected chi connectivity index (χ1v) is 28.9. The van der Waals surface area contributed by atoms with Crippen molar-refractivity contribution in [3.05, 3.63) is 122 Å². The van der Waals surface area contributed by atoms with Gasteiger partial charge in [0.1, 0.15) is 13.2 Å². The van der Waals surface area contributed by atoms with Gasteiger partial charge in [-0.3, -0.25) is 13.8 Å². The van der Waals surface area contributed by atoms with Crippen molar-refractivity contribution < 1.29 is 32.9 Å². The summed E-state index contributed by atoms with van der Waals surface area (Å²) in [6, 6.07) is -0.793. The number of hydrogen-bond donors (Lipinski definition) is 3. The molecule has 1 amide bonds. The van der Waals surface area contributed by atoms with Gasteiger partial charge in [0, 0.05) is 6.42 Å². The average Bonchev–Trinajstić information content (AvgIpc) is 3.31. The van der Waals surface area contributed by atoms with Crippen molar-refractivity contribution in [2.45, 2.75) is 212 Å². The molecular weight excluding hydrogens is 876 g/mol. The molecule has 3 N–H and O–H groups in total. The first-order chi connectivity index (χ1) is 33.5. The van der Waals surface area contributed by atoms with E-state index >= 15 is 0 Å². The van der Waals surface area contributed by atoms with Crippen LogP contribution in [0.25, 0.3) is 0 Å². The molecule has 0 heterocycles. The predicted octanol–water partition coefficient (Wildman–Crippen LogP) is 16.6. The van der Waals surface area contributed by atoms with Gasteiger partial charge in [-0.25, -0.2) is 4.57 Å². The van der Waals surface area contributed by atoms with Crippen LogP contribution in [0.15, 0.2) is 122 Å². The van der Waals surface area contributed by atoms with Gasteiger partial charge < -0.3 is 19.8 Å². The lowest BCUT2D eigenvalue weighted by molar-refractivity contribution is -0.870. The SMILES string of the molecule is CC/C=C\C/C=C\C/C=C\C/C=C\C/C=C\C/C=C\C/C=C\C/C=C\C/C=C\C/C=C\CCCCC(=O)NC(COP(=O)(O)OCC[N+](C)(C)C)C(O)CCCCCCCCCCCCCCCC. The molecule has 0 aliphatic heterocycles. The molecule has 0 aliphatic rings. The number of unbranched alkanes of at least 4 members (excludes halogenated alkanes) is 15. The zero-order valence-corrected chi connectivity index (χ0v) is 45.6. The van der Waals surface area contributed by atoms with Crippen LogP contribution in [0.3, 0.4) is 0 Å². The first kappa shape index (κ1) is 65.9. The number of aliphatic hydroxyl groups excluding tert-OH is 1. The molecule has 0 bridgehead atoms. The molecule has 0 aliphatic carbocycles. The highest BCUT2D eigenvalue weighted by Gasteiger charge is 2.28. The molecular formula is C60H104N2O6P+. The molecule has 8 nitrogen and oxygen atoms in total. The van der Waals surface area contributed by atoms with Crippen molar-refractivity contribution >= 4 is 13.7 Å². The second kappa shape index (κ2) is 49.9. The Morgan fingerprint density at radius 2 is 0.870 bits per heavy atom. The van der Waals surface area contributed by atoms with Gasteiger partial charge >= 0.3 is 7.82 Å². The second-order valence-electron chi connectivity index (χ2n) is 19.2. The Bertz CT molecular complexity index is 1530. The topological polar surface area (TPSA) is 105 Å². The van der Waals surface area contributed by atoms with E-state index < -0.39 is 20.0 Å². The minimum absolute atomic E-state index is 0.0593. The quantitative estimate of drug-likeness (QED) is 0.0243. The number of nitrogens with one attached hydrogen (secondary N) is 1. The summed E-state index contributed by atoms with van der Waals surface area (Å²) >= 11 is 0. The Morgan fingerprint density at radius 1 is 0.507 bits per heavy atom. The third-order valence-corrected chi connectivity index (χ3v) is 12.5. The van der Waals surface area contributed by atoms with Gasteiger partial charge in [-0.1, -0.05) is 225 Å². The lowest BCUT2D eigenvalue weighted by Gasteiger charge is -2.26. The van der Waals surface area contributed by atoms with Crippen LogP contribution in [0.1, 0.15) is 200 Å². The summed E-state index contributed by atoms with van der Waals surface area (Å²) in [5.74, 6) is -0.192. The molecule has 9 heteroatoms. The number of carbonyl (C=O) groups excluding carboxylic acids is 1. The van der Waals surface area contributed by atoms with Gasteiger partial charge in [-0.05, 0) is 89.9 Å². The van der Waals surface area contributed by atoms with Crippen molar-refractivity contribution in [1.82, 2.24) is 5.32 Å². The standard InChI is InChI=1S/C60H103N2O6P/c1-6-8-10-12-14-16-18-20-22-23-24-25-26-27-28-29-30-31-32-33-34-35-36-37-38-39-40-42-44-46-48-50-52-54-60(64)61-58(57-68-69(65,66)67-56-55-62(3,4)5)59(63)53-51-49-47-45-43-41-21-19-17-15-13-11-9-7-2/h8,10,14,16,20,22,24-25,27-28,30-31,33-34,36-37,39-40,44,46,58-59,63H,6-7,9,11-13,15,17-19,21,23,26,29,32,35,38,41-43,45,47-57H2,1-5H3,(H-,61,64,65,66)/p+1/b10-8-,16-14-,22-20-,25-24-,28-27-,31-30-,34-33-,37-36-,40-39-,46-44-. The Morgan fingerprint density at radius 3 is 1.25 bits per heavy atom. The molecule has 0 saturated heterocycles. The third-order valence-electron chi connectivity index (χ3n) is 11.5. The van der Waals surface area contributed by atoms with E-state index in [1.54, 1.807) is 0 Å². The highest BCUT2D eigenvalue weighted by Crippen LogP contribution is 2.43. The molecule has 3 atom stereocenters. The molecule has 0 spiro atoms. The molecule has 69 heavy (non-hydrogen) atoms. The molecule has 3 unspecified atom stereocenters. The summed E-state index contributed by atoms with van der Waals surface area (Å²) in [4.78, 5) is 23.3. The minimum atomic E-state index is -4.34. The van der Waals surface area contributed by atoms with Crippen LogP contribution in [0, 0.1) is 0 Å². The number of hydrogen-bond acceptors (Lipinski definition) is 5. The molecule has 0 radical (unpaired) electrons. The Balaban J connectivity index is 4.30. The maximum atomic E-state index is 12.9. The van der Waals surface area contributed by atoms with Gasteiger partial charge in [0.2, 0.25) is 5.91 Å². The number of likely N-dealkylation sites (N-methyl/N-ethyl adjacent to an activating group) is 1. The lowest BCUT2D eigenvalue weighted by Crippen LogP contribution is -2.46. The van der Waals surface area contributed by atoms with Crippen molar-refractivity contribution in [2.75, 3.05) is 40.9 Å². The number of nitrogens with zero attached hydrogens (tertiary/aromatic N) is 1. The zero-order chi connectivity index (χ0) is 50.6. The normalized spacial score (nSPS) is 14.9. The van der Waals surface area contributed by atoms with E-state index in [-0.39, 0.29) is 19.1 Å². The van der Waals surface area contributed by atoms with Crippen LogP contribution in [0.4, 0.5) is 0 Å². The van der Waals surface area contributed by atoms with Crippen LogP contribution in [0.2, 0.25) is 0 Å². The second-order valence-corrected chi connectivity index (χ2v) is 20.7. The summed E-state index contributed by atoms with van der Waals surface area (Å²) in [6.45, 7) is 4.72. The summed E-state index contributed by atoms with van der Waals surface area (Å²) in [6.07, 6.45) is 73.9. The van der Waals surface area contributed by atoms with Gasteiger partial charge in [0.15, 0.2) is 0 Å². The van der Waals surface area contributed by atoms with Crippen molar-refractivity contribution in [2.24, 2.45) is 0 Å².